The Morgan fingerprint density at radius 3 is 2.48 bits per heavy atom. The van der Waals surface area contributed by atoms with Gasteiger partial charge in [0, 0.05) is 30.8 Å². The highest BCUT2D eigenvalue weighted by molar-refractivity contribution is 7.18. The molecule has 3 amide bonds. The van der Waals surface area contributed by atoms with E-state index in [1.165, 1.54) is 36.7 Å². The molecule has 210 valence electrons. The van der Waals surface area contributed by atoms with Gasteiger partial charge in [-0.05, 0) is 71.6 Å². The summed E-state index contributed by atoms with van der Waals surface area (Å²) in [6.45, 7) is 0.794. The highest BCUT2D eigenvalue weighted by atomic mass is 35.5. The number of carbonyl (C=O) groups excluding carboxylic acids is 3. The van der Waals surface area contributed by atoms with Crippen molar-refractivity contribution in [2.75, 3.05) is 20.2 Å². The van der Waals surface area contributed by atoms with Crippen LogP contribution in [0, 0.1) is 0 Å². The zero-order valence-electron chi connectivity index (χ0n) is 21.5. The predicted octanol–water partition coefficient (Wildman–Crippen LogP) is 4.61. The van der Waals surface area contributed by atoms with Crippen molar-refractivity contribution in [3.63, 3.8) is 0 Å². The van der Waals surface area contributed by atoms with Gasteiger partial charge in [0.05, 0.1) is 28.3 Å². The molecular weight excluding hydrogens is 577 g/mol. The normalized spacial score (nSPS) is 14.7. The molecule has 1 aliphatic heterocycles. The average molecular weight is 605 g/mol. The molecule has 9 nitrogen and oxygen atoms in total. The molecule has 0 aliphatic carbocycles. The number of halogens is 2. The number of nitrogens with one attached hydrogen (secondary N) is 2. The Morgan fingerprint density at radius 2 is 1.82 bits per heavy atom. The highest BCUT2D eigenvalue weighted by Crippen LogP contribution is 2.37. The van der Waals surface area contributed by atoms with Crippen LogP contribution < -0.4 is 15.4 Å². The lowest BCUT2D eigenvalue weighted by Gasteiger charge is -2.32. The van der Waals surface area contributed by atoms with Gasteiger partial charge in [-0.2, -0.15) is 0 Å². The van der Waals surface area contributed by atoms with Crippen LogP contribution in [-0.4, -0.2) is 66.0 Å². The quantitative estimate of drug-likeness (QED) is 0.307. The van der Waals surface area contributed by atoms with Crippen molar-refractivity contribution in [3.8, 4) is 5.75 Å². The second-order valence-corrected chi connectivity index (χ2v) is 10.9. The fourth-order valence-corrected chi connectivity index (χ4v) is 5.81. The Hall–Kier alpha value is -3.60. The highest BCUT2D eigenvalue weighted by Gasteiger charge is 2.28. The van der Waals surface area contributed by atoms with Gasteiger partial charge >= 0.3 is 5.97 Å². The van der Waals surface area contributed by atoms with Gasteiger partial charge in [0.1, 0.15) is 11.8 Å². The Labute approximate surface area is 244 Å². The molecular formula is C28H27Cl2N3O6S. The number of thiophene rings is 1. The standard InChI is InChI=1S/C28H27Cl2N3O6S/c1-39-20-5-2-16(3-6-20)27(37)32-21(15-23(35)36)28(38)31-19-8-11-33(12-9-19)22(34)7-4-17-14-18-10-13-40-26(18)25(30)24(17)29/h2-7,10,13-14,19,21H,8-9,11-12,15H2,1H3,(H,31,38)(H,32,37)(H,35,36)/b7-4+/t21-/m0/s1. The summed E-state index contributed by atoms with van der Waals surface area (Å²) in [5.74, 6) is -2.02. The summed E-state index contributed by atoms with van der Waals surface area (Å²) in [6, 6.07) is 8.52. The summed E-state index contributed by atoms with van der Waals surface area (Å²) < 4.78 is 5.96. The van der Waals surface area contributed by atoms with Crippen molar-refractivity contribution < 1.29 is 29.0 Å². The van der Waals surface area contributed by atoms with Crippen LogP contribution in [0.2, 0.25) is 10.0 Å². The largest absolute Gasteiger partial charge is 0.497 e. The summed E-state index contributed by atoms with van der Waals surface area (Å²) in [5.41, 5.74) is 0.914. The van der Waals surface area contributed by atoms with Crippen LogP contribution in [0.1, 0.15) is 35.2 Å². The summed E-state index contributed by atoms with van der Waals surface area (Å²) in [6.07, 6.45) is 3.48. The maximum Gasteiger partial charge on any atom is 0.305 e. The molecule has 1 fully saturated rings. The van der Waals surface area contributed by atoms with E-state index in [1.54, 1.807) is 23.1 Å². The number of carboxylic acids is 1. The molecule has 0 unspecified atom stereocenters. The minimum atomic E-state index is -1.26. The van der Waals surface area contributed by atoms with Gasteiger partial charge in [0.15, 0.2) is 0 Å². The molecule has 0 spiro atoms. The second-order valence-electron chi connectivity index (χ2n) is 9.23. The first-order valence-corrected chi connectivity index (χ1v) is 14.1. The molecule has 1 aromatic heterocycles. The number of likely N-dealkylation sites (tertiary alicyclic amines) is 1. The molecule has 0 bridgehead atoms. The van der Waals surface area contributed by atoms with Gasteiger partial charge in [0.25, 0.3) is 5.91 Å². The van der Waals surface area contributed by atoms with Crippen molar-refractivity contribution in [2.24, 2.45) is 0 Å². The van der Waals surface area contributed by atoms with Crippen molar-refractivity contribution in [1.82, 2.24) is 15.5 Å². The zero-order chi connectivity index (χ0) is 28.8. The Balaban J connectivity index is 1.31. The van der Waals surface area contributed by atoms with Gasteiger partial charge < -0.3 is 25.4 Å². The minimum absolute atomic E-state index is 0.196. The van der Waals surface area contributed by atoms with Gasteiger partial charge in [-0.15, -0.1) is 11.3 Å². The lowest BCUT2D eigenvalue weighted by molar-refractivity contribution is -0.140. The number of ether oxygens (including phenoxy) is 1. The van der Waals surface area contributed by atoms with E-state index >= 15 is 0 Å². The Bertz CT molecular complexity index is 1450. The van der Waals surface area contributed by atoms with Crippen LogP contribution in [0.4, 0.5) is 0 Å². The lowest BCUT2D eigenvalue weighted by atomic mass is 10.0. The summed E-state index contributed by atoms with van der Waals surface area (Å²) in [7, 11) is 1.50. The molecule has 1 atom stereocenters. The van der Waals surface area contributed by atoms with Gasteiger partial charge in [-0.3, -0.25) is 19.2 Å². The number of fused-ring (bicyclic) bond motifs is 1. The number of aliphatic carboxylic acids is 1. The number of piperidine rings is 1. The van der Waals surface area contributed by atoms with Crippen molar-refractivity contribution in [3.05, 3.63) is 69.0 Å². The monoisotopic (exact) mass is 603 g/mol. The van der Waals surface area contributed by atoms with E-state index in [0.717, 1.165) is 10.1 Å². The van der Waals surface area contributed by atoms with Crippen molar-refractivity contribution in [2.45, 2.75) is 31.3 Å². The summed E-state index contributed by atoms with van der Waals surface area (Å²) in [5, 5.41) is 18.3. The first-order valence-electron chi connectivity index (χ1n) is 12.5. The molecule has 40 heavy (non-hydrogen) atoms. The summed E-state index contributed by atoms with van der Waals surface area (Å²) >= 11 is 14.3. The van der Waals surface area contributed by atoms with Crippen molar-refractivity contribution in [1.29, 1.82) is 0 Å². The topological polar surface area (TPSA) is 125 Å². The summed E-state index contributed by atoms with van der Waals surface area (Å²) in [4.78, 5) is 51.3. The van der Waals surface area contributed by atoms with E-state index in [4.69, 9.17) is 27.9 Å². The number of rotatable bonds is 9. The third kappa shape index (κ3) is 7.12. The Kier molecular flexibility index (Phi) is 9.67. The van der Waals surface area contributed by atoms with Crippen molar-refractivity contribution >= 4 is 74.4 Å². The molecule has 4 rings (SSSR count). The number of amides is 3. The van der Waals surface area contributed by atoms with E-state index in [0.29, 0.717) is 47.3 Å². The smallest absolute Gasteiger partial charge is 0.305 e. The van der Waals surface area contributed by atoms with Crippen LogP contribution in [0.25, 0.3) is 16.2 Å². The number of benzene rings is 2. The first-order chi connectivity index (χ1) is 19.2. The third-order valence-electron chi connectivity index (χ3n) is 6.56. The lowest BCUT2D eigenvalue weighted by Crippen LogP contribution is -2.53. The average Bonchev–Trinajstić information content (AvgIpc) is 3.42. The first kappa shape index (κ1) is 29.4. The van der Waals surface area contributed by atoms with Gasteiger partial charge in [0.2, 0.25) is 11.8 Å². The molecule has 3 aromatic rings. The van der Waals surface area contributed by atoms with Gasteiger partial charge in [-0.1, -0.05) is 23.2 Å². The SMILES string of the molecule is COc1ccc(C(=O)N[C@@H](CC(=O)O)C(=O)NC2CCN(C(=O)/C=C/c3cc4ccsc4c(Cl)c3Cl)CC2)cc1. The molecule has 2 heterocycles. The van der Waals surface area contributed by atoms with Gasteiger partial charge in [-0.25, -0.2) is 0 Å². The van der Waals surface area contributed by atoms with E-state index in [2.05, 4.69) is 10.6 Å². The zero-order valence-corrected chi connectivity index (χ0v) is 23.8. The number of hydrogen-bond donors (Lipinski definition) is 3. The Morgan fingerprint density at radius 1 is 1.12 bits per heavy atom. The van der Waals surface area contributed by atoms with Crippen LogP contribution in [0.5, 0.6) is 5.75 Å². The van der Waals surface area contributed by atoms with Crippen LogP contribution in [-0.2, 0) is 14.4 Å². The number of carbonyl (C=O) groups is 4. The second kappa shape index (κ2) is 13.2. The number of methoxy groups -OCH3 is 1. The molecule has 2 aromatic carbocycles. The van der Waals surface area contributed by atoms with E-state index in [1.807, 2.05) is 17.5 Å². The fourth-order valence-electron chi connectivity index (χ4n) is 4.37. The maximum atomic E-state index is 12.9. The van der Waals surface area contributed by atoms with E-state index in [-0.39, 0.29) is 17.5 Å². The number of hydrogen-bond acceptors (Lipinski definition) is 6. The third-order valence-corrected chi connectivity index (χ3v) is 8.51. The molecule has 3 N–H and O–H groups in total. The number of nitrogens with zero attached hydrogens (tertiary/aromatic N) is 1. The van der Waals surface area contributed by atoms with Crippen LogP contribution in [0.15, 0.2) is 47.9 Å². The minimum Gasteiger partial charge on any atom is -0.497 e. The fraction of sp³-hybridized carbons (Fsp3) is 0.286. The predicted molar refractivity (Wildman–Crippen MR) is 155 cm³/mol. The van der Waals surface area contributed by atoms with Crippen LogP contribution >= 0.6 is 34.5 Å². The molecule has 12 heteroatoms. The molecule has 1 saturated heterocycles. The molecule has 1 aliphatic rings. The maximum absolute atomic E-state index is 12.9. The molecule has 0 radical (unpaired) electrons. The molecule has 0 saturated carbocycles. The number of carboxylic acid groups (broad SMARTS) is 1. The van der Waals surface area contributed by atoms with E-state index in [9.17, 15) is 24.3 Å². The van der Waals surface area contributed by atoms with Crippen LogP contribution in [0.3, 0.4) is 0 Å². The van der Waals surface area contributed by atoms with E-state index < -0.39 is 30.2 Å².